The van der Waals surface area contributed by atoms with E-state index in [0.29, 0.717) is 0 Å². The Morgan fingerprint density at radius 3 is 2.43 bits per heavy atom. The van der Waals surface area contributed by atoms with Crippen molar-refractivity contribution in [3.8, 4) is 28.6 Å². The number of hydrogen-bond acceptors (Lipinski definition) is 5. The Balaban J connectivity index is 0.000000402. The molecule has 4 aromatic heterocycles. The van der Waals surface area contributed by atoms with Crippen LogP contribution in [0.15, 0.2) is 65.3 Å². The second-order valence-corrected chi connectivity index (χ2v) is 10.6. The van der Waals surface area contributed by atoms with E-state index >= 15 is 0 Å². The molecule has 0 atom stereocenters. The maximum absolute atomic E-state index is 10.1. The number of fused-ring (bicyclic) bond motifs is 3. The molecule has 0 amide bonds. The molecule has 0 spiro atoms. The minimum absolute atomic E-state index is 0. The summed E-state index contributed by atoms with van der Waals surface area (Å²) < 4.78 is 141. The smallest absolute Gasteiger partial charge is 0.217 e. The Labute approximate surface area is 297 Å². The number of nitriles is 1. The van der Waals surface area contributed by atoms with Gasteiger partial charge >= 0.3 is 0 Å². The standard InChI is InChI=1S/C26H26N3O.C12H10N.Ir/c1-14-8-9-19(21-10-18(11-26(5,6)7)15(2)13-28-21)24-22(14)23-20(12-27)16(3)17(4)29-25(23)30-24;1-10-7-8-12(13-9-10)11-5-3-2-4-6-11;/h8,10,13H,11H2,1-7H3;2-5,7-9H,1H3;/q2*-1;/i1D3,2D3,3D3,4D3,11D2;1D3;. The first-order valence-electron chi connectivity index (χ1n) is 21.5. The molecular weight excluding hydrogens is 721 g/mol. The molecule has 0 saturated carbocycles. The van der Waals surface area contributed by atoms with E-state index in [4.69, 9.17) is 27.7 Å². The topological polar surface area (TPSA) is 75.6 Å². The average molecular weight is 774 g/mol. The van der Waals surface area contributed by atoms with Crippen molar-refractivity contribution >= 4 is 22.1 Å². The van der Waals surface area contributed by atoms with Gasteiger partial charge in [0.2, 0.25) is 5.71 Å². The van der Waals surface area contributed by atoms with Crippen molar-refractivity contribution in [3.05, 3.63) is 112 Å². The Hall–Kier alpha value is -4.17. The number of nitrogens with zero attached hydrogens (tertiary/aromatic N) is 4. The molecule has 44 heavy (non-hydrogen) atoms. The van der Waals surface area contributed by atoms with Crippen LogP contribution < -0.4 is 0 Å². The van der Waals surface area contributed by atoms with E-state index in [9.17, 15) is 5.26 Å². The van der Waals surface area contributed by atoms with Crippen LogP contribution in [0, 0.1) is 63.1 Å². The van der Waals surface area contributed by atoms with Crippen molar-refractivity contribution in [1.29, 1.82) is 5.26 Å². The molecule has 0 aliphatic heterocycles. The zero-order chi connectivity index (χ0) is 45.2. The van der Waals surface area contributed by atoms with E-state index in [1.165, 1.54) is 12.3 Å². The summed E-state index contributed by atoms with van der Waals surface area (Å²) in [7, 11) is 0. The van der Waals surface area contributed by atoms with Crippen LogP contribution in [0.1, 0.15) is 83.1 Å². The number of aryl methyl sites for hydroxylation is 4. The van der Waals surface area contributed by atoms with Gasteiger partial charge in [0.15, 0.2) is 0 Å². The van der Waals surface area contributed by atoms with Gasteiger partial charge < -0.3 is 14.4 Å². The molecule has 0 aliphatic rings. The summed E-state index contributed by atoms with van der Waals surface area (Å²) in [5.41, 5.74) is -3.62. The molecule has 0 unspecified atom stereocenters. The van der Waals surface area contributed by atoms with Crippen LogP contribution in [-0.4, -0.2) is 15.0 Å². The summed E-state index contributed by atoms with van der Waals surface area (Å²) in [6.45, 7) is -9.15. The van der Waals surface area contributed by atoms with Gasteiger partial charge in [0, 0.05) is 66.9 Å². The summed E-state index contributed by atoms with van der Waals surface area (Å²) in [4.78, 5) is 12.3. The van der Waals surface area contributed by atoms with Crippen molar-refractivity contribution in [2.24, 2.45) is 5.41 Å². The van der Waals surface area contributed by atoms with Crippen LogP contribution in [-0.2, 0) is 26.5 Å². The zero-order valence-corrected chi connectivity index (χ0v) is 26.2. The fourth-order valence-corrected chi connectivity index (χ4v) is 4.35. The largest absolute Gasteiger partial charge is 0.486 e. The van der Waals surface area contributed by atoms with E-state index in [0.717, 1.165) is 23.5 Å². The average Bonchev–Trinajstić information content (AvgIpc) is 3.51. The van der Waals surface area contributed by atoms with Crippen LogP contribution in [0.4, 0.5) is 0 Å². The van der Waals surface area contributed by atoms with Crippen LogP contribution in [0.5, 0.6) is 0 Å². The Morgan fingerprint density at radius 1 is 0.955 bits per heavy atom. The summed E-state index contributed by atoms with van der Waals surface area (Å²) in [6, 6.07) is 20.5. The van der Waals surface area contributed by atoms with Crippen molar-refractivity contribution in [3.63, 3.8) is 0 Å². The van der Waals surface area contributed by atoms with E-state index in [2.05, 4.69) is 27.1 Å². The van der Waals surface area contributed by atoms with Crippen molar-refractivity contribution in [2.45, 2.75) is 61.4 Å². The molecule has 0 saturated heterocycles. The summed E-state index contributed by atoms with van der Waals surface area (Å²) in [6.07, 6.45) is 0.168. The fraction of sp³-hybridized carbons (Fsp3) is 0.263. The first kappa shape index (κ1) is 16.8. The maximum Gasteiger partial charge on any atom is 0.217 e. The number of aromatic nitrogens is 3. The Kier molecular flexibility index (Phi) is 5.04. The quantitative estimate of drug-likeness (QED) is 0.168. The summed E-state index contributed by atoms with van der Waals surface area (Å²) >= 11 is 0. The van der Waals surface area contributed by atoms with Gasteiger partial charge in [-0.15, -0.1) is 53.6 Å². The Bertz CT molecular complexity index is 2600. The monoisotopic (exact) mass is 774 g/mol. The van der Waals surface area contributed by atoms with E-state index in [-0.39, 0.29) is 64.4 Å². The van der Waals surface area contributed by atoms with Gasteiger partial charge in [-0.25, -0.2) is 4.98 Å². The van der Waals surface area contributed by atoms with Gasteiger partial charge in [0.05, 0.1) is 11.1 Å². The third-order valence-corrected chi connectivity index (χ3v) is 6.23. The predicted octanol–water partition coefficient (Wildman–Crippen LogP) is 9.39. The molecule has 6 heteroatoms. The molecule has 0 aliphatic carbocycles. The normalized spacial score (nSPS) is 18.5. The Morgan fingerprint density at radius 2 is 1.80 bits per heavy atom. The first-order chi connectivity index (χ1) is 27.3. The van der Waals surface area contributed by atoms with Crippen LogP contribution in [0.2, 0.25) is 0 Å². The second kappa shape index (κ2) is 13.2. The van der Waals surface area contributed by atoms with E-state index in [1.807, 2.05) is 18.2 Å². The molecule has 6 aromatic rings. The van der Waals surface area contributed by atoms with Crippen molar-refractivity contribution < 1.29 is 47.8 Å². The molecule has 225 valence electrons. The molecular formula is C38H36IrN4O-2. The fourth-order valence-electron chi connectivity index (χ4n) is 4.35. The van der Waals surface area contributed by atoms with Gasteiger partial charge in [-0.2, -0.15) is 5.26 Å². The van der Waals surface area contributed by atoms with Gasteiger partial charge in [0.25, 0.3) is 0 Å². The van der Waals surface area contributed by atoms with Crippen molar-refractivity contribution in [1.82, 2.24) is 15.0 Å². The van der Waals surface area contributed by atoms with Gasteiger partial charge in [-0.1, -0.05) is 56.9 Å². The van der Waals surface area contributed by atoms with E-state index < -0.39 is 74.1 Å². The van der Waals surface area contributed by atoms with Gasteiger partial charge in [-0.05, 0) is 72.7 Å². The molecule has 0 N–H and O–H groups in total. The van der Waals surface area contributed by atoms with Crippen LogP contribution in [0.25, 0.3) is 44.6 Å². The van der Waals surface area contributed by atoms with E-state index in [1.54, 1.807) is 45.0 Å². The molecule has 0 fully saturated rings. The minimum atomic E-state index is -3.14. The van der Waals surface area contributed by atoms with Gasteiger partial charge in [0.1, 0.15) is 6.07 Å². The number of pyridine rings is 3. The minimum Gasteiger partial charge on any atom is -0.486 e. The molecule has 4 heterocycles. The molecule has 6 rings (SSSR count). The molecule has 2 aromatic carbocycles. The number of benzene rings is 2. The number of rotatable bonds is 3. The van der Waals surface area contributed by atoms with Crippen LogP contribution in [0.3, 0.4) is 0 Å². The third kappa shape index (κ3) is 6.81. The van der Waals surface area contributed by atoms with Gasteiger partial charge in [-0.3, -0.25) is 0 Å². The number of hydrogen-bond donors (Lipinski definition) is 0. The zero-order valence-electron chi connectivity index (χ0n) is 40.8. The number of furan rings is 1. The first-order valence-corrected chi connectivity index (χ1v) is 13.0. The van der Waals surface area contributed by atoms with Crippen LogP contribution >= 0.6 is 0 Å². The SMILES string of the molecule is [2H]C([2H])([2H])c1ccc(-c2[c-]cccc2)nc1.[2H]C([2H])([2H])c1cnc(-c2[c-]cc(C([2H])([2H])[2H])c3c2oc2nc(C([2H])([2H])[2H])c(C([2H])([2H])[2H])c(C#N)c23)cc1C([2H])([2H])C(C)(C)C.[Ir]. The second-order valence-electron chi connectivity index (χ2n) is 10.6. The molecule has 0 bridgehead atoms. The molecule has 5 nitrogen and oxygen atoms in total. The maximum atomic E-state index is 10.1. The predicted molar refractivity (Wildman–Crippen MR) is 174 cm³/mol. The summed E-state index contributed by atoms with van der Waals surface area (Å²) in [5.74, 6) is 0. The summed E-state index contributed by atoms with van der Waals surface area (Å²) in [5, 5.41) is 9.53. The third-order valence-electron chi connectivity index (χ3n) is 6.23. The molecule has 1 radical (unpaired) electrons. The van der Waals surface area contributed by atoms with Crippen molar-refractivity contribution in [2.75, 3.05) is 0 Å².